The van der Waals surface area contributed by atoms with Crippen molar-refractivity contribution in [1.29, 1.82) is 0 Å². The number of rotatable bonds is 16. The second-order valence-electron chi connectivity index (χ2n) is 11.0. The summed E-state index contributed by atoms with van der Waals surface area (Å²) < 4.78 is 18.6. The van der Waals surface area contributed by atoms with Gasteiger partial charge in [-0.15, -0.1) is 0 Å². The number of fused-ring (bicyclic) bond motifs is 2. The van der Waals surface area contributed by atoms with Gasteiger partial charge in [-0.2, -0.15) is 5.10 Å². The van der Waals surface area contributed by atoms with E-state index in [1.165, 1.54) is 0 Å². The number of benzene rings is 3. The highest BCUT2D eigenvalue weighted by atomic mass is 16.5. The molecule has 240 valence electrons. The lowest BCUT2D eigenvalue weighted by Crippen LogP contribution is -2.28. The molecule has 0 radical (unpaired) electrons. The number of aromatic nitrogens is 2. The Balaban J connectivity index is 1.29. The quantitative estimate of drug-likeness (QED) is 0.127. The molecule has 0 saturated carbocycles. The van der Waals surface area contributed by atoms with Gasteiger partial charge in [-0.25, -0.2) is 9.31 Å². The summed E-state index contributed by atoms with van der Waals surface area (Å²) in [6.07, 6.45) is 1.10. The number of carbonyl (C=O) groups excluding carboxylic acids is 1. The SMILES string of the molecule is Cc1cc(C(=O)NCCOCCOCCN)cc(C)c1-c1cccc2c(CCCOc3cccc4ccccc34)c(C(=O)O)nn12. The van der Waals surface area contributed by atoms with Crippen LogP contribution in [0.5, 0.6) is 5.75 Å². The summed E-state index contributed by atoms with van der Waals surface area (Å²) in [5.74, 6) is -0.467. The number of carbonyl (C=O) groups is 2. The molecule has 3 aromatic carbocycles. The Morgan fingerprint density at radius 2 is 1.61 bits per heavy atom. The maximum Gasteiger partial charge on any atom is 0.356 e. The molecule has 1 amide bonds. The van der Waals surface area contributed by atoms with Gasteiger partial charge in [0, 0.05) is 35.2 Å². The van der Waals surface area contributed by atoms with Crippen molar-refractivity contribution >= 4 is 28.2 Å². The average molecular weight is 625 g/mol. The van der Waals surface area contributed by atoms with Crippen molar-refractivity contribution in [2.24, 2.45) is 5.73 Å². The Bertz CT molecular complexity index is 1800. The van der Waals surface area contributed by atoms with Gasteiger partial charge in [0.05, 0.1) is 44.2 Å². The van der Waals surface area contributed by atoms with Crippen LogP contribution in [0.15, 0.2) is 72.8 Å². The predicted molar refractivity (Wildman–Crippen MR) is 178 cm³/mol. The van der Waals surface area contributed by atoms with Crippen molar-refractivity contribution in [3.63, 3.8) is 0 Å². The number of nitrogens with two attached hydrogens (primary N) is 1. The average Bonchev–Trinajstić information content (AvgIpc) is 3.43. The molecule has 0 aliphatic carbocycles. The van der Waals surface area contributed by atoms with E-state index in [-0.39, 0.29) is 11.6 Å². The van der Waals surface area contributed by atoms with Gasteiger partial charge < -0.3 is 30.4 Å². The van der Waals surface area contributed by atoms with Crippen LogP contribution in [0.25, 0.3) is 27.5 Å². The molecule has 2 heterocycles. The topological polar surface area (TPSA) is 137 Å². The maximum atomic E-state index is 12.9. The minimum absolute atomic E-state index is 0.0251. The van der Waals surface area contributed by atoms with E-state index in [1.807, 2.05) is 86.6 Å². The first-order chi connectivity index (χ1) is 22.4. The van der Waals surface area contributed by atoms with Crippen LogP contribution in [0.2, 0.25) is 0 Å². The summed E-state index contributed by atoms with van der Waals surface area (Å²) >= 11 is 0. The summed E-state index contributed by atoms with van der Waals surface area (Å²) in [5.41, 5.74) is 10.8. The van der Waals surface area contributed by atoms with Gasteiger partial charge in [-0.05, 0) is 73.5 Å². The van der Waals surface area contributed by atoms with Gasteiger partial charge in [0.2, 0.25) is 0 Å². The Morgan fingerprint density at radius 3 is 2.37 bits per heavy atom. The van der Waals surface area contributed by atoms with Crippen LogP contribution in [0.3, 0.4) is 0 Å². The second-order valence-corrected chi connectivity index (χ2v) is 11.0. The molecule has 4 N–H and O–H groups in total. The molecule has 0 unspecified atom stereocenters. The predicted octanol–water partition coefficient (Wildman–Crippen LogP) is 5.20. The number of carboxylic acids is 1. The lowest BCUT2D eigenvalue weighted by Gasteiger charge is -2.14. The smallest absolute Gasteiger partial charge is 0.356 e. The van der Waals surface area contributed by atoms with E-state index in [9.17, 15) is 14.7 Å². The van der Waals surface area contributed by atoms with E-state index in [4.69, 9.17) is 19.9 Å². The van der Waals surface area contributed by atoms with Crippen molar-refractivity contribution in [3.05, 3.63) is 101 Å². The summed E-state index contributed by atoms with van der Waals surface area (Å²) in [7, 11) is 0. The normalized spacial score (nSPS) is 11.3. The number of amides is 1. The number of hydrogen-bond donors (Lipinski definition) is 3. The van der Waals surface area contributed by atoms with Crippen molar-refractivity contribution < 1.29 is 28.9 Å². The molecule has 10 nitrogen and oxygen atoms in total. The molecule has 0 fully saturated rings. The Hall–Kier alpha value is -4.77. The third-order valence-corrected chi connectivity index (χ3v) is 7.76. The highest BCUT2D eigenvalue weighted by molar-refractivity contribution is 5.96. The van der Waals surface area contributed by atoms with Gasteiger partial charge in [0.25, 0.3) is 5.91 Å². The zero-order chi connectivity index (χ0) is 32.5. The lowest BCUT2D eigenvalue weighted by molar-refractivity contribution is 0.0511. The Labute approximate surface area is 268 Å². The van der Waals surface area contributed by atoms with Crippen molar-refractivity contribution in [3.8, 4) is 17.0 Å². The molecule has 0 saturated heterocycles. The molecule has 2 aromatic heterocycles. The van der Waals surface area contributed by atoms with Crippen molar-refractivity contribution in [2.45, 2.75) is 26.7 Å². The largest absolute Gasteiger partial charge is 0.493 e. The van der Waals surface area contributed by atoms with Gasteiger partial charge in [-0.3, -0.25) is 4.79 Å². The summed E-state index contributed by atoms with van der Waals surface area (Å²) in [6.45, 7) is 6.92. The van der Waals surface area contributed by atoms with E-state index in [1.54, 1.807) is 4.52 Å². The Kier molecular flexibility index (Phi) is 11.0. The molecular weight excluding hydrogens is 584 g/mol. The number of aromatic carboxylic acids is 1. The lowest BCUT2D eigenvalue weighted by atomic mass is 9.96. The first-order valence-electron chi connectivity index (χ1n) is 15.5. The number of nitrogens with zero attached hydrogens (tertiary/aromatic N) is 2. The number of pyridine rings is 1. The fourth-order valence-electron chi connectivity index (χ4n) is 5.72. The number of aryl methyl sites for hydroxylation is 3. The zero-order valence-electron chi connectivity index (χ0n) is 26.3. The van der Waals surface area contributed by atoms with Crippen molar-refractivity contribution in [1.82, 2.24) is 14.9 Å². The highest BCUT2D eigenvalue weighted by Gasteiger charge is 2.22. The fraction of sp³-hybridized carbons (Fsp3) is 0.306. The van der Waals surface area contributed by atoms with Crippen LogP contribution < -0.4 is 15.8 Å². The van der Waals surface area contributed by atoms with Crippen LogP contribution in [0, 0.1) is 13.8 Å². The van der Waals surface area contributed by atoms with Crippen LogP contribution in [0.1, 0.15) is 44.0 Å². The number of nitrogens with one attached hydrogen (secondary N) is 1. The molecule has 0 aliphatic heterocycles. The zero-order valence-corrected chi connectivity index (χ0v) is 26.3. The molecule has 0 bridgehead atoms. The summed E-state index contributed by atoms with van der Waals surface area (Å²) in [6, 6.07) is 23.4. The van der Waals surface area contributed by atoms with Crippen LogP contribution in [-0.2, 0) is 15.9 Å². The summed E-state index contributed by atoms with van der Waals surface area (Å²) in [4.78, 5) is 25.2. The molecule has 46 heavy (non-hydrogen) atoms. The Morgan fingerprint density at radius 1 is 0.891 bits per heavy atom. The second kappa shape index (κ2) is 15.5. The molecule has 0 atom stereocenters. The highest BCUT2D eigenvalue weighted by Crippen LogP contribution is 2.31. The molecule has 0 aliphatic rings. The summed E-state index contributed by atoms with van der Waals surface area (Å²) in [5, 5.41) is 19.7. The van der Waals surface area contributed by atoms with E-state index < -0.39 is 5.97 Å². The van der Waals surface area contributed by atoms with Crippen LogP contribution in [0.4, 0.5) is 0 Å². The monoisotopic (exact) mass is 624 g/mol. The molecule has 10 heteroatoms. The van der Waals surface area contributed by atoms with Crippen LogP contribution >= 0.6 is 0 Å². The third kappa shape index (κ3) is 7.54. The van der Waals surface area contributed by atoms with E-state index >= 15 is 0 Å². The van der Waals surface area contributed by atoms with Crippen LogP contribution in [-0.4, -0.2) is 72.7 Å². The first kappa shape index (κ1) is 32.6. The minimum atomic E-state index is -1.08. The molecule has 5 rings (SSSR count). The minimum Gasteiger partial charge on any atom is -0.493 e. The van der Waals surface area contributed by atoms with Crippen molar-refractivity contribution in [2.75, 3.05) is 46.1 Å². The maximum absolute atomic E-state index is 12.9. The first-order valence-corrected chi connectivity index (χ1v) is 15.5. The molecule has 0 spiro atoms. The van der Waals surface area contributed by atoms with Gasteiger partial charge in [0.1, 0.15) is 5.75 Å². The number of ether oxygens (including phenoxy) is 3. The van der Waals surface area contributed by atoms with E-state index in [0.29, 0.717) is 70.1 Å². The number of carboxylic acid groups (broad SMARTS) is 1. The van der Waals surface area contributed by atoms with E-state index in [0.717, 1.165) is 44.4 Å². The van der Waals surface area contributed by atoms with Gasteiger partial charge in [0.15, 0.2) is 5.69 Å². The molecule has 5 aromatic rings. The standard InChI is InChI=1S/C36H40N4O6/c1-24-22-27(35(41)38-16-19-45-21-20-44-18-15-37)23-25(2)33(24)31-13-6-12-30-29(34(36(42)43)39-40(30)31)11-7-17-46-32-14-5-9-26-8-3-4-10-28(26)32/h3-6,8-10,12-14,22-23H,7,11,15-21,37H2,1-2H3,(H,38,41)(H,42,43). The number of hydrogen-bond acceptors (Lipinski definition) is 7. The van der Waals surface area contributed by atoms with Gasteiger partial charge in [-0.1, -0.05) is 42.5 Å². The fourth-order valence-corrected chi connectivity index (χ4v) is 5.72. The van der Waals surface area contributed by atoms with Gasteiger partial charge >= 0.3 is 5.97 Å². The molecular formula is C36H40N4O6. The van der Waals surface area contributed by atoms with E-state index in [2.05, 4.69) is 10.4 Å². The third-order valence-electron chi connectivity index (χ3n) is 7.76.